The Kier molecular flexibility index (Phi) is 4.40. The minimum absolute atomic E-state index is 0.280. The van der Waals surface area contributed by atoms with Crippen molar-refractivity contribution in [1.82, 2.24) is 0 Å². The molecule has 3 heteroatoms. The van der Waals surface area contributed by atoms with Crippen molar-refractivity contribution in [2.75, 3.05) is 20.3 Å². The van der Waals surface area contributed by atoms with E-state index in [0.717, 1.165) is 12.2 Å². The van der Waals surface area contributed by atoms with Gasteiger partial charge in [0.05, 0.1) is 6.61 Å². The predicted molar refractivity (Wildman–Crippen MR) is 68.4 cm³/mol. The molecule has 1 aliphatic rings. The van der Waals surface area contributed by atoms with Crippen LogP contribution in [0.4, 0.5) is 0 Å². The molecule has 1 aliphatic carbocycles. The van der Waals surface area contributed by atoms with Gasteiger partial charge in [0.25, 0.3) is 0 Å². The molecule has 0 saturated heterocycles. The lowest BCUT2D eigenvalue weighted by atomic mass is 9.94. The lowest BCUT2D eigenvalue weighted by molar-refractivity contribution is 0.145. The van der Waals surface area contributed by atoms with E-state index >= 15 is 0 Å². The fourth-order valence-corrected chi connectivity index (χ4v) is 2.53. The van der Waals surface area contributed by atoms with Crippen LogP contribution in [0.3, 0.4) is 0 Å². The molecular formula is C14H21NO2. The third-order valence-electron chi connectivity index (χ3n) is 3.43. The molecule has 17 heavy (non-hydrogen) atoms. The summed E-state index contributed by atoms with van der Waals surface area (Å²) >= 11 is 0. The Labute approximate surface area is 103 Å². The van der Waals surface area contributed by atoms with Crippen molar-refractivity contribution in [3.8, 4) is 5.75 Å². The highest BCUT2D eigenvalue weighted by atomic mass is 16.5. The molecular weight excluding hydrogens is 214 g/mol. The van der Waals surface area contributed by atoms with Crippen LogP contribution < -0.4 is 10.5 Å². The minimum atomic E-state index is 0.280. The normalized spacial score (nSPS) is 23.9. The van der Waals surface area contributed by atoms with Crippen molar-refractivity contribution in [2.45, 2.75) is 31.2 Å². The molecule has 2 unspecified atom stereocenters. The van der Waals surface area contributed by atoms with Crippen LogP contribution >= 0.6 is 0 Å². The summed E-state index contributed by atoms with van der Waals surface area (Å²) in [6.45, 7) is 1.21. The van der Waals surface area contributed by atoms with E-state index in [4.69, 9.17) is 15.2 Å². The smallest absolute Gasteiger partial charge is 0.122 e. The van der Waals surface area contributed by atoms with Crippen molar-refractivity contribution in [3.05, 3.63) is 29.8 Å². The van der Waals surface area contributed by atoms with E-state index in [1.165, 1.54) is 18.4 Å². The monoisotopic (exact) mass is 235 g/mol. The second-order valence-electron chi connectivity index (χ2n) is 4.58. The second-order valence-corrected chi connectivity index (χ2v) is 4.58. The van der Waals surface area contributed by atoms with Gasteiger partial charge in [0, 0.05) is 19.1 Å². The summed E-state index contributed by atoms with van der Waals surface area (Å²) in [4.78, 5) is 0. The van der Waals surface area contributed by atoms with Gasteiger partial charge in [0.2, 0.25) is 0 Å². The lowest BCUT2D eigenvalue weighted by Gasteiger charge is -2.19. The molecule has 1 aromatic rings. The van der Waals surface area contributed by atoms with Gasteiger partial charge in [-0.25, -0.2) is 0 Å². The summed E-state index contributed by atoms with van der Waals surface area (Å²) in [7, 11) is 1.68. The van der Waals surface area contributed by atoms with Crippen molar-refractivity contribution >= 4 is 0 Å². The standard InChI is InChI=1S/C14H21NO2/c1-16-9-10-17-14-8-3-2-5-12(14)11-6-4-7-13(11)15/h2-3,5,8,11,13H,4,6-7,9-10,15H2,1H3. The first-order valence-electron chi connectivity index (χ1n) is 6.29. The Morgan fingerprint density at radius 1 is 1.24 bits per heavy atom. The number of methoxy groups -OCH3 is 1. The van der Waals surface area contributed by atoms with Gasteiger partial charge < -0.3 is 15.2 Å². The van der Waals surface area contributed by atoms with Crippen molar-refractivity contribution in [2.24, 2.45) is 5.73 Å². The maximum atomic E-state index is 6.15. The van der Waals surface area contributed by atoms with Crippen LogP contribution in [0.1, 0.15) is 30.7 Å². The van der Waals surface area contributed by atoms with Crippen molar-refractivity contribution < 1.29 is 9.47 Å². The third-order valence-corrected chi connectivity index (χ3v) is 3.43. The largest absolute Gasteiger partial charge is 0.491 e. The Hall–Kier alpha value is -1.06. The molecule has 2 rings (SSSR count). The average Bonchev–Trinajstić information content (AvgIpc) is 2.76. The second kappa shape index (κ2) is 6.03. The lowest BCUT2D eigenvalue weighted by Crippen LogP contribution is -2.23. The van der Waals surface area contributed by atoms with Crippen molar-refractivity contribution in [3.63, 3.8) is 0 Å². The Balaban J connectivity index is 2.09. The summed E-state index contributed by atoms with van der Waals surface area (Å²) in [6, 6.07) is 8.51. The van der Waals surface area contributed by atoms with Gasteiger partial charge >= 0.3 is 0 Å². The van der Waals surface area contributed by atoms with E-state index in [2.05, 4.69) is 12.1 Å². The highest BCUT2D eigenvalue weighted by Crippen LogP contribution is 2.37. The zero-order chi connectivity index (χ0) is 12.1. The molecule has 0 spiro atoms. The van der Waals surface area contributed by atoms with Crippen LogP contribution in [0.5, 0.6) is 5.75 Å². The van der Waals surface area contributed by atoms with E-state index in [1.54, 1.807) is 7.11 Å². The van der Waals surface area contributed by atoms with Crippen LogP contribution in [0, 0.1) is 0 Å². The quantitative estimate of drug-likeness (QED) is 0.796. The van der Waals surface area contributed by atoms with Gasteiger partial charge in [-0.1, -0.05) is 24.6 Å². The summed E-state index contributed by atoms with van der Waals surface area (Å²) in [5.74, 6) is 1.42. The number of para-hydroxylation sites is 1. The highest BCUT2D eigenvalue weighted by Gasteiger charge is 2.27. The van der Waals surface area contributed by atoms with Crippen LogP contribution in [0.15, 0.2) is 24.3 Å². The van der Waals surface area contributed by atoms with Crippen LogP contribution in [-0.4, -0.2) is 26.4 Å². The van der Waals surface area contributed by atoms with Crippen LogP contribution in [-0.2, 0) is 4.74 Å². The average molecular weight is 235 g/mol. The zero-order valence-corrected chi connectivity index (χ0v) is 10.4. The summed E-state index contributed by atoms with van der Waals surface area (Å²) in [5.41, 5.74) is 7.41. The minimum Gasteiger partial charge on any atom is -0.491 e. The van der Waals surface area contributed by atoms with Gasteiger partial charge in [-0.15, -0.1) is 0 Å². The van der Waals surface area contributed by atoms with E-state index < -0.39 is 0 Å². The molecule has 1 aromatic carbocycles. The third kappa shape index (κ3) is 2.99. The molecule has 0 aromatic heterocycles. The van der Waals surface area contributed by atoms with E-state index in [1.807, 2.05) is 12.1 Å². The number of ether oxygens (including phenoxy) is 2. The molecule has 3 nitrogen and oxygen atoms in total. The highest BCUT2D eigenvalue weighted by molar-refractivity contribution is 5.37. The summed E-state index contributed by atoms with van der Waals surface area (Å²) in [5, 5.41) is 0. The first-order valence-corrected chi connectivity index (χ1v) is 6.29. The number of hydrogen-bond acceptors (Lipinski definition) is 3. The Bertz CT molecular complexity index is 354. The topological polar surface area (TPSA) is 44.5 Å². The fraction of sp³-hybridized carbons (Fsp3) is 0.571. The maximum absolute atomic E-state index is 6.15. The molecule has 2 atom stereocenters. The number of nitrogens with two attached hydrogens (primary N) is 1. The van der Waals surface area contributed by atoms with Crippen LogP contribution in [0.25, 0.3) is 0 Å². The summed E-state index contributed by atoms with van der Waals surface area (Å²) in [6.07, 6.45) is 3.52. The molecule has 0 aliphatic heterocycles. The maximum Gasteiger partial charge on any atom is 0.122 e. The van der Waals surface area contributed by atoms with Gasteiger partial charge in [0.1, 0.15) is 12.4 Å². The predicted octanol–water partition coefficient (Wildman–Crippen LogP) is 2.31. The molecule has 0 bridgehead atoms. The SMILES string of the molecule is COCCOc1ccccc1C1CCCC1N. The molecule has 0 heterocycles. The molecule has 0 radical (unpaired) electrons. The van der Waals surface area contributed by atoms with E-state index in [9.17, 15) is 0 Å². The van der Waals surface area contributed by atoms with Gasteiger partial charge in [-0.05, 0) is 24.5 Å². The fourth-order valence-electron chi connectivity index (χ4n) is 2.53. The molecule has 0 amide bonds. The summed E-state index contributed by atoms with van der Waals surface area (Å²) < 4.78 is 10.8. The molecule has 1 saturated carbocycles. The number of benzene rings is 1. The van der Waals surface area contributed by atoms with E-state index in [-0.39, 0.29) is 6.04 Å². The van der Waals surface area contributed by atoms with Gasteiger partial charge in [0.15, 0.2) is 0 Å². The Morgan fingerprint density at radius 2 is 2.06 bits per heavy atom. The molecule has 2 N–H and O–H groups in total. The number of hydrogen-bond donors (Lipinski definition) is 1. The first-order chi connectivity index (χ1) is 8.33. The zero-order valence-electron chi connectivity index (χ0n) is 10.4. The number of rotatable bonds is 5. The Morgan fingerprint density at radius 3 is 2.76 bits per heavy atom. The van der Waals surface area contributed by atoms with Crippen molar-refractivity contribution in [1.29, 1.82) is 0 Å². The molecule has 1 fully saturated rings. The van der Waals surface area contributed by atoms with Gasteiger partial charge in [-0.2, -0.15) is 0 Å². The first kappa shape index (κ1) is 12.4. The molecule has 94 valence electrons. The van der Waals surface area contributed by atoms with Gasteiger partial charge in [-0.3, -0.25) is 0 Å². The van der Waals surface area contributed by atoms with E-state index in [0.29, 0.717) is 19.1 Å². The van der Waals surface area contributed by atoms with Crippen LogP contribution in [0.2, 0.25) is 0 Å².